The second kappa shape index (κ2) is 19.4. The van der Waals surface area contributed by atoms with Crippen LogP contribution in [0.5, 0.6) is 17.2 Å². The number of phenols is 1. The van der Waals surface area contributed by atoms with Crippen LogP contribution in [0.3, 0.4) is 0 Å². The van der Waals surface area contributed by atoms with Gasteiger partial charge in [-0.2, -0.15) is 0 Å². The van der Waals surface area contributed by atoms with Crippen molar-refractivity contribution in [2.45, 2.75) is 50.8 Å². The largest absolute Gasteiger partial charge is 0.506 e. The molecule has 6 aromatic rings. The predicted molar refractivity (Wildman–Crippen MR) is 233 cm³/mol. The minimum absolute atomic E-state index is 0.0202. The van der Waals surface area contributed by atoms with E-state index in [1.165, 1.54) is 12.1 Å². The summed E-state index contributed by atoms with van der Waals surface area (Å²) in [6.07, 6.45) is 0.674. The number of aromatic hydroxyl groups is 1. The topological polar surface area (TPSA) is 172 Å². The van der Waals surface area contributed by atoms with Crippen molar-refractivity contribution in [2.75, 3.05) is 33.3 Å². The smallest absolute Gasteiger partial charge is 0.408 e. The van der Waals surface area contributed by atoms with Gasteiger partial charge in [0.05, 0.1) is 30.3 Å². The molecule has 2 unspecified atom stereocenters. The molecule has 3 saturated heterocycles. The summed E-state index contributed by atoms with van der Waals surface area (Å²) in [4.78, 5) is 43.2. The Morgan fingerprint density at radius 2 is 1.63 bits per heavy atom. The fourth-order valence-corrected chi connectivity index (χ4v) is 8.32. The predicted octanol–water partition coefficient (Wildman–Crippen LogP) is 6.91. The first-order chi connectivity index (χ1) is 30.2. The second-order valence-corrected chi connectivity index (χ2v) is 15.8. The van der Waals surface area contributed by atoms with Gasteiger partial charge >= 0.3 is 12.1 Å². The zero-order valence-corrected chi connectivity index (χ0v) is 34.4. The molecule has 3 atom stereocenters. The molecule has 5 N–H and O–H groups in total. The molecule has 0 aliphatic carbocycles. The summed E-state index contributed by atoms with van der Waals surface area (Å²) < 4.78 is 23.4. The molecule has 9 rings (SSSR count). The zero-order chi connectivity index (χ0) is 43.0. The lowest BCUT2D eigenvalue weighted by molar-refractivity contribution is -0.0336. The van der Waals surface area contributed by atoms with E-state index in [2.05, 4.69) is 20.5 Å². The summed E-state index contributed by atoms with van der Waals surface area (Å²) in [6, 6.07) is 35.6. The molecule has 1 aromatic heterocycles. The van der Waals surface area contributed by atoms with Gasteiger partial charge in [-0.25, -0.2) is 9.59 Å². The summed E-state index contributed by atoms with van der Waals surface area (Å²) in [7, 11) is 1.55. The number of ether oxygens (including phenoxy) is 4. The van der Waals surface area contributed by atoms with Crippen LogP contribution < -0.4 is 25.7 Å². The van der Waals surface area contributed by atoms with Crippen molar-refractivity contribution in [3.63, 3.8) is 0 Å². The normalized spacial score (nSPS) is 17.8. The van der Waals surface area contributed by atoms with Crippen molar-refractivity contribution >= 4 is 23.0 Å². The number of H-pyrrole nitrogens is 1. The average Bonchev–Trinajstić information content (AvgIpc) is 3.30. The highest BCUT2D eigenvalue weighted by Crippen LogP contribution is 2.32. The van der Waals surface area contributed by atoms with Crippen LogP contribution in [-0.4, -0.2) is 71.6 Å². The van der Waals surface area contributed by atoms with Gasteiger partial charge in [0.15, 0.2) is 0 Å². The van der Waals surface area contributed by atoms with Gasteiger partial charge in [-0.05, 0) is 108 Å². The summed E-state index contributed by atoms with van der Waals surface area (Å²) >= 11 is 0. The monoisotopic (exact) mass is 838 g/mol. The first kappa shape index (κ1) is 42.0. The van der Waals surface area contributed by atoms with Gasteiger partial charge in [0.25, 0.3) is 0 Å². The maximum absolute atomic E-state index is 13.3. The number of methoxy groups -OCH3 is 1. The molecule has 2 bridgehead atoms. The lowest BCUT2D eigenvalue weighted by Crippen LogP contribution is -2.52. The molecule has 13 nitrogen and oxygen atoms in total. The summed E-state index contributed by atoms with van der Waals surface area (Å²) in [5.74, 6) is 1.04. The number of hydrogen-bond donors (Lipinski definition) is 5. The van der Waals surface area contributed by atoms with Crippen LogP contribution in [0.2, 0.25) is 0 Å². The number of amides is 1. The number of esters is 1. The van der Waals surface area contributed by atoms with Crippen LogP contribution in [0, 0.1) is 5.92 Å². The molecule has 0 saturated carbocycles. The van der Waals surface area contributed by atoms with Gasteiger partial charge in [0, 0.05) is 36.7 Å². The Kier molecular flexibility index (Phi) is 13.1. The lowest BCUT2D eigenvalue weighted by atomic mass is 9.86. The number of carbonyl (C=O) groups excluding carboxylic acids is 2. The Morgan fingerprint density at radius 3 is 2.39 bits per heavy atom. The molecule has 0 spiro atoms. The highest BCUT2D eigenvalue weighted by Gasteiger charge is 2.37. The number of alkyl carbamates (subject to hydrolysis) is 1. The number of fused-ring (bicyclic) bond motifs is 4. The van der Waals surface area contributed by atoms with Crippen molar-refractivity contribution in [3.8, 4) is 17.2 Å². The van der Waals surface area contributed by atoms with Crippen LogP contribution in [0.4, 0.5) is 4.79 Å². The fraction of sp³-hybridized carbons (Fsp3) is 0.286. The number of aromatic nitrogens is 1. The van der Waals surface area contributed by atoms with Gasteiger partial charge in [0.1, 0.15) is 36.6 Å². The molecule has 62 heavy (non-hydrogen) atoms. The number of aliphatic hydroxyl groups excluding tert-OH is 1. The molecular formula is C49H50N4O9. The first-order valence-corrected chi connectivity index (χ1v) is 20.8. The number of piperidine rings is 3. The third-order valence-electron chi connectivity index (χ3n) is 11.7. The van der Waals surface area contributed by atoms with Crippen LogP contribution in [0.25, 0.3) is 10.9 Å². The minimum Gasteiger partial charge on any atom is -0.506 e. The SMILES string of the molecule is COc1ccc(CNCC(O)c2ccc(O)c3[nH]c(=O)ccc23)cc1COC(=O)c1ccc(COc2cccc([C@@H](NC(=O)OC3CN4CCC3CC4)c3ccccc3)c2)cc1. The number of hydrogen-bond acceptors (Lipinski definition) is 11. The molecule has 320 valence electrons. The van der Waals surface area contributed by atoms with E-state index < -0.39 is 24.2 Å². The Hall–Kier alpha value is -6.67. The number of aromatic amines is 1. The summed E-state index contributed by atoms with van der Waals surface area (Å²) in [5.41, 5.74) is 5.07. The van der Waals surface area contributed by atoms with E-state index in [9.17, 15) is 24.6 Å². The van der Waals surface area contributed by atoms with Crippen LogP contribution in [0.15, 0.2) is 126 Å². The van der Waals surface area contributed by atoms with Crippen molar-refractivity contribution in [3.05, 3.63) is 171 Å². The summed E-state index contributed by atoms with van der Waals surface area (Å²) in [5, 5.41) is 28.0. The number of benzene rings is 5. The molecular weight excluding hydrogens is 789 g/mol. The maximum atomic E-state index is 13.3. The Bertz CT molecular complexity index is 2560. The number of nitrogens with one attached hydrogen (secondary N) is 3. The molecule has 5 aromatic carbocycles. The first-order valence-electron chi connectivity index (χ1n) is 20.8. The van der Waals surface area contributed by atoms with E-state index in [1.54, 1.807) is 37.4 Å². The standard InChI is InChI=1S/C49H50N4O9/c1-59-43-18-12-32(26-50-27-42(55)39-15-17-41(54)47-40(39)16-19-45(56)51-47)24-37(43)30-61-48(57)35-13-10-31(11-14-35)29-60-38-9-5-8-36(25-38)46(34-6-3-2-4-7-34)52-49(58)62-44-28-53-22-20-33(44)21-23-53/h2-19,24-25,33,42,44,46,50,54-55H,20-23,26-30H2,1H3,(H,51,56)(H,52,58)/t42?,44?,46-/m0/s1. The number of phenolic OH excluding ortho intramolecular Hbond substituents is 1. The minimum atomic E-state index is -0.912. The maximum Gasteiger partial charge on any atom is 0.408 e. The van der Waals surface area contributed by atoms with Gasteiger partial charge < -0.3 is 44.8 Å². The van der Waals surface area contributed by atoms with Crippen molar-refractivity contribution in [2.24, 2.45) is 5.92 Å². The second-order valence-electron chi connectivity index (χ2n) is 15.8. The molecule has 3 fully saturated rings. The molecule has 1 amide bonds. The average molecular weight is 839 g/mol. The van der Waals surface area contributed by atoms with E-state index in [0.29, 0.717) is 46.0 Å². The fourth-order valence-electron chi connectivity index (χ4n) is 8.32. The Labute approximate surface area is 359 Å². The van der Waals surface area contributed by atoms with Gasteiger partial charge in [-0.3, -0.25) is 9.69 Å². The highest BCUT2D eigenvalue weighted by molar-refractivity contribution is 5.89. The van der Waals surface area contributed by atoms with Gasteiger partial charge in [-0.15, -0.1) is 0 Å². The van der Waals surface area contributed by atoms with E-state index >= 15 is 0 Å². The zero-order valence-electron chi connectivity index (χ0n) is 34.4. The number of aliphatic hydroxyl groups is 1. The number of rotatable bonds is 16. The molecule has 13 heteroatoms. The van der Waals surface area contributed by atoms with E-state index in [-0.39, 0.29) is 42.7 Å². The number of nitrogens with zero attached hydrogens (tertiary/aromatic N) is 1. The third-order valence-corrected chi connectivity index (χ3v) is 11.7. The Balaban J connectivity index is 0.840. The van der Waals surface area contributed by atoms with Crippen LogP contribution >= 0.6 is 0 Å². The highest BCUT2D eigenvalue weighted by atomic mass is 16.6. The van der Waals surface area contributed by atoms with Crippen LogP contribution in [-0.2, 0) is 29.2 Å². The molecule has 3 aliphatic heterocycles. The summed E-state index contributed by atoms with van der Waals surface area (Å²) in [6.45, 7) is 3.77. The number of carbonyl (C=O) groups is 2. The van der Waals surface area contributed by atoms with Crippen molar-refractivity contribution in [1.29, 1.82) is 0 Å². The van der Waals surface area contributed by atoms with Crippen molar-refractivity contribution < 1.29 is 38.7 Å². The lowest BCUT2D eigenvalue weighted by Gasteiger charge is -2.43. The molecule has 0 radical (unpaired) electrons. The van der Waals surface area contributed by atoms with Crippen molar-refractivity contribution in [1.82, 2.24) is 20.5 Å². The molecule has 4 heterocycles. The van der Waals surface area contributed by atoms with Crippen LogP contribution in [0.1, 0.15) is 68.7 Å². The Morgan fingerprint density at radius 1 is 0.855 bits per heavy atom. The van der Waals surface area contributed by atoms with E-state index in [4.69, 9.17) is 18.9 Å². The van der Waals surface area contributed by atoms with Gasteiger partial charge in [-0.1, -0.05) is 66.7 Å². The van der Waals surface area contributed by atoms with E-state index in [1.807, 2.05) is 78.9 Å². The van der Waals surface area contributed by atoms with E-state index in [0.717, 1.165) is 54.7 Å². The number of pyridine rings is 1. The third kappa shape index (κ3) is 10.1. The quantitative estimate of drug-likeness (QED) is 0.0642. The van der Waals surface area contributed by atoms with Gasteiger partial charge in [0.2, 0.25) is 5.56 Å². The molecule has 3 aliphatic rings.